The van der Waals surface area contributed by atoms with E-state index in [1.165, 1.54) is 0 Å². The number of carbonyl (C=O) groups excluding carboxylic acids is 1. The number of benzene rings is 3. The summed E-state index contributed by atoms with van der Waals surface area (Å²) in [6.07, 6.45) is 0.143. The quantitative estimate of drug-likeness (QED) is 0.525. The summed E-state index contributed by atoms with van der Waals surface area (Å²) in [6, 6.07) is 22.1. The summed E-state index contributed by atoms with van der Waals surface area (Å²) < 4.78 is 11.8. The molecule has 1 atom stereocenters. The molecule has 0 heterocycles. The molecule has 0 radical (unpaired) electrons. The number of carbonyl (C=O) groups is 1. The van der Waals surface area contributed by atoms with E-state index in [1.807, 2.05) is 61.5 Å². The number of anilines is 1. The number of halogens is 1. The molecule has 1 N–H and O–H groups in total. The average molecular weight is 396 g/mol. The van der Waals surface area contributed by atoms with Crippen molar-refractivity contribution in [2.24, 2.45) is 0 Å². The second kappa shape index (κ2) is 9.29. The van der Waals surface area contributed by atoms with Gasteiger partial charge in [0.05, 0.1) is 5.69 Å². The second-order valence-corrected chi connectivity index (χ2v) is 6.70. The zero-order valence-electron chi connectivity index (χ0n) is 15.8. The van der Waals surface area contributed by atoms with Crippen molar-refractivity contribution in [3.63, 3.8) is 0 Å². The highest BCUT2D eigenvalue weighted by atomic mass is 35.5. The molecule has 0 aliphatic carbocycles. The van der Waals surface area contributed by atoms with Crippen LogP contribution in [0.5, 0.6) is 17.2 Å². The number of rotatable bonds is 7. The largest absolute Gasteiger partial charge is 0.481 e. The van der Waals surface area contributed by atoms with Crippen LogP contribution in [0, 0.1) is 0 Å². The zero-order valence-corrected chi connectivity index (χ0v) is 16.6. The first-order chi connectivity index (χ1) is 13.6. The molecule has 4 nitrogen and oxygen atoms in total. The van der Waals surface area contributed by atoms with Crippen molar-refractivity contribution >= 4 is 23.2 Å². The molecular weight excluding hydrogens is 374 g/mol. The lowest BCUT2D eigenvalue weighted by Gasteiger charge is -2.18. The Hall–Kier alpha value is -2.98. The Morgan fingerprint density at radius 2 is 1.71 bits per heavy atom. The van der Waals surface area contributed by atoms with Gasteiger partial charge < -0.3 is 14.8 Å². The number of hydrogen-bond acceptors (Lipinski definition) is 3. The molecule has 1 unspecified atom stereocenters. The summed E-state index contributed by atoms with van der Waals surface area (Å²) >= 11 is 6.11. The van der Waals surface area contributed by atoms with Crippen LogP contribution >= 0.6 is 11.6 Å². The topological polar surface area (TPSA) is 47.6 Å². The molecule has 0 saturated carbocycles. The second-order valence-electron chi connectivity index (χ2n) is 6.27. The van der Waals surface area contributed by atoms with Gasteiger partial charge in [0.15, 0.2) is 11.9 Å². The predicted molar refractivity (Wildman–Crippen MR) is 113 cm³/mol. The molecular formula is C23H22ClNO3. The Labute approximate surface area is 170 Å². The Balaban J connectivity index is 1.75. The molecule has 0 spiro atoms. The smallest absolute Gasteiger partial charge is 0.265 e. The molecule has 0 aromatic heterocycles. The van der Waals surface area contributed by atoms with E-state index in [2.05, 4.69) is 5.32 Å². The van der Waals surface area contributed by atoms with E-state index in [0.29, 0.717) is 28.0 Å². The summed E-state index contributed by atoms with van der Waals surface area (Å²) in [5, 5.41) is 3.36. The zero-order chi connectivity index (χ0) is 19.9. The van der Waals surface area contributed by atoms with Crippen LogP contribution in [-0.2, 0) is 11.2 Å². The van der Waals surface area contributed by atoms with E-state index < -0.39 is 6.10 Å². The first-order valence-electron chi connectivity index (χ1n) is 9.14. The minimum absolute atomic E-state index is 0.286. The third-order valence-corrected chi connectivity index (χ3v) is 4.43. The minimum Gasteiger partial charge on any atom is -0.481 e. The first kappa shape index (κ1) is 19.8. The molecule has 0 fully saturated rings. The lowest BCUT2D eigenvalue weighted by Crippen LogP contribution is -2.30. The third-order valence-electron chi connectivity index (χ3n) is 4.20. The van der Waals surface area contributed by atoms with Gasteiger partial charge >= 0.3 is 0 Å². The summed E-state index contributed by atoms with van der Waals surface area (Å²) in [7, 11) is 0. The van der Waals surface area contributed by atoms with Crippen molar-refractivity contribution < 1.29 is 14.3 Å². The standard InChI is InChI=1S/C23H22ClNO3/c1-3-17-9-7-8-12-21(17)27-16(2)23(26)25-20-15-18(24)13-14-22(20)28-19-10-5-4-6-11-19/h4-16H,3H2,1-2H3,(H,25,26). The minimum atomic E-state index is -0.684. The van der Waals surface area contributed by atoms with E-state index in [4.69, 9.17) is 21.1 Å². The highest BCUT2D eigenvalue weighted by Gasteiger charge is 2.18. The van der Waals surface area contributed by atoms with Gasteiger partial charge in [-0.2, -0.15) is 0 Å². The number of nitrogens with one attached hydrogen (secondary N) is 1. The SMILES string of the molecule is CCc1ccccc1OC(C)C(=O)Nc1cc(Cl)ccc1Oc1ccccc1. The van der Waals surface area contributed by atoms with Gasteiger partial charge in [-0.05, 0) is 55.3 Å². The van der Waals surface area contributed by atoms with E-state index in [1.54, 1.807) is 25.1 Å². The lowest BCUT2D eigenvalue weighted by atomic mass is 10.1. The van der Waals surface area contributed by atoms with Crippen molar-refractivity contribution in [2.45, 2.75) is 26.4 Å². The van der Waals surface area contributed by atoms with Crippen molar-refractivity contribution in [1.29, 1.82) is 0 Å². The third kappa shape index (κ3) is 5.05. The van der Waals surface area contributed by atoms with Crippen molar-refractivity contribution in [3.8, 4) is 17.2 Å². The van der Waals surface area contributed by atoms with Crippen LogP contribution in [0.25, 0.3) is 0 Å². The van der Waals surface area contributed by atoms with Gasteiger partial charge in [0.1, 0.15) is 11.5 Å². The van der Waals surface area contributed by atoms with Crippen LogP contribution in [0.15, 0.2) is 72.8 Å². The Kier molecular flexibility index (Phi) is 6.56. The molecule has 3 aromatic rings. The van der Waals surface area contributed by atoms with Gasteiger partial charge in [0.25, 0.3) is 5.91 Å². The van der Waals surface area contributed by atoms with E-state index in [9.17, 15) is 4.79 Å². The fourth-order valence-corrected chi connectivity index (χ4v) is 2.87. The number of ether oxygens (including phenoxy) is 2. The fourth-order valence-electron chi connectivity index (χ4n) is 2.69. The molecule has 0 aliphatic heterocycles. The van der Waals surface area contributed by atoms with Gasteiger partial charge in [0.2, 0.25) is 0 Å². The molecule has 28 heavy (non-hydrogen) atoms. The van der Waals surface area contributed by atoms with Gasteiger partial charge in [0, 0.05) is 5.02 Å². The van der Waals surface area contributed by atoms with Crippen LogP contribution in [0.4, 0.5) is 5.69 Å². The highest BCUT2D eigenvalue weighted by Crippen LogP contribution is 2.32. The lowest BCUT2D eigenvalue weighted by molar-refractivity contribution is -0.122. The maximum absolute atomic E-state index is 12.7. The monoisotopic (exact) mass is 395 g/mol. The Morgan fingerprint density at radius 3 is 2.46 bits per heavy atom. The van der Waals surface area contributed by atoms with Gasteiger partial charge in [-0.15, -0.1) is 0 Å². The number of amides is 1. The van der Waals surface area contributed by atoms with Crippen LogP contribution in [-0.4, -0.2) is 12.0 Å². The number of hydrogen-bond donors (Lipinski definition) is 1. The summed E-state index contributed by atoms with van der Waals surface area (Å²) in [5.41, 5.74) is 1.54. The summed E-state index contributed by atoms with van der Waals surface area (Å²) in [6.45, 7) is 3.76. The molecule has 0 saturated heterocycles. The number of aryl methyl sites for hydroxylation is 1. The number of para-hydroxylation sites is 2. The van der Waals surface area contributed by atoms with Gasteiger partial charge in [-0.25, -0.2) is 0 Å². The highest BCUT2D eigenvalue weighted by molar-refractivity contribution is 6.31. The first-order valence-corrected chi connectivity index (χ1v) is 9.52. The van der Waals surface area contributed by atoms with Crippen molar-refractivity contribution in [3.05, 3.63) is 83.4 Å². The summed E-state index contributed by atoms with van der Waals surface area (Å²) in [5.74, 6) is 1.59. The van der Waals surface area contributed by atoms with Crippen molar-refractivity contribution in [2.75, 3.05) is 5.32 Å². The van der Waals surface area contributed by atoms with E-state index >= 15 is 0 Å². The van der Waals surface area contributed by atoms with Crippen LogP contribution in [0.2, 0.25) is 5.02 Å². The molecule has 0 aliphatic rings. The van der Waals surface area contributed by atoms with Crippen LogP contribution in [0.1, 0.15) is 19.4 Å². The fraction of sp³-hybridized carbons (Fsp3) is 0.174. The molecule has 5 heteroatoms. The van der Waals surface area contributed by atoms with E-state index in [-0.39, 0.29) is 5.91 Å². The predicted octanol–water partition coefficient (Wildman–Crippen LogP) is 6.10. The van der Waals surface area contributed by atoms with Crippen LogP contribution < -0.4 is 14.8 Å². The average Bonchev–Trinajstić information content (AvgIpc) is 2.71. The molecule has 144 valence electrons. The van der Waals surface area contributed by atoms with Crippen molar-refractivity contribution in [1.82, 2.24) is 0 Å². The van der Waals surface area contributed by atoms with E-state index in [0.717, 1.165) is 12.0 Å². The summed E-state index contributed by atoms with van der Waals surface area (Å²) in [4.78, 5) is 12.7. The Morgan fingerprint density at radius 1 is 1.00 bits per heavy atom. The van der Waals surface area contributed by atoms with Gasteiger partial charge in [-0.3, -0.25) is 4.79 Å². The van der Waals surface area contributed by atoms with Crippen LogP contribution in [0.3, 0.4) is 0 Å². The maximum Gasteiger partial charge on any atom is 0.265 e. The maximum atomic E-state index is 12.7. The normalized spacial score (nSPS) is 11.5. The van der Waals surface area contributed by atoms with Gasteiger partial charge in [-0.1, -0.05) is 54.9 Å². The molecule has 0 bridgehead atoms. The molecule has 1 amide bonds. The molecule has 3 aromatic carbocycles. The molecule has 3 rings (SSSR count). The Bertz CT molecular complexity index is 944.